The van der Waals surface area contributed by atoms with E-state index in [0.717, 1.165) is 38.8 Å². The predicted octanol–water partition coefficient (Wildman–Crippen LogP) is 3.76. The van der Waals surface area contributed by atoms with Crippen LogP contribution in [0.3, 0.4) is 0 Å². The highest BCUT2D eigenvalue weighted by Crippen LogP contribution is 2.53. The van der Waals surface area contributed by atoms with E-state index in [9.17, 15) is 9.36 Å². The minimum Gasteiger partial charge on any atom is -0.453 e. The summed E-state index contributed by atoms with van der Waals surface area (Å²) >= 11 is 0. The Morgan fingerprint density at radius 1 is 1.13 bits per heavy atom. The average molecular weight is 347 g/mol. The molecule has 1 amide bonds. The third-order valence-electron chi connectivity index (χ3n) is 5.04. The first kappa shape index (κ1) is 18.8. The highest BCUT2D eigenvalue weighted by Gasteiger charge is 2.39. The van der Waals surface area contributed by atoms with E-state index in [0.29, 0.717) is 37.1 Å². The second kappa shape index (κ2) is 8.50. The largest absolute Gasteiger partial charge is 0.453 e. The fraction of sp³-hybridized carbons (Fsp3) is 0.938. The number of methoxy groups -OCH3 is 1. The summed E-state index contributed by atoms with van der Waals surface area (Å²) in [6, 6.07) is 0. The van der Waals surface area contributed by atoms with Gasteiger partial charge in [0, 0.05) is 13.1 Å². The molecule has 2 rings (SSSR count). The third-order valence-corrected chi connectivity index (χ3v) is 7.31. The maximum atomic E-state index is 12.7. The molecule has 6 nitrogen and oxygen atoms in total. The standard InChI is InChI=1S/C16H30NO5P/c1-4-21-23(19,22-5-2)12-13-6-7-15-11-17(16(18)20-3)9-8-14(15)10-13/h13-15H,4-12H2,1-3H3/t13-,14-,15-/m0/s1. The molecule has 1 saturated carbocycles. The van der Waals surface area contributed by atoms with Crippen LogP contribution in [0.1, 0.15) is 39.5 Å². The Morgan fingerprint density at radius 3 is 2.43 bits per heavy atom. The molecule has 0 aromatic heterocycles. The van der Waals surface area contributed by atoms with E-state index in [-0.39, 0.29) is 6.09 Å². The number of carbonyl (C=O) groups excluding carboxylic acids is 1. The fourth-order valence-electron chi connectivity index (χ4n) is 4.03. The topological polar surface area (TPSA) is 65.1 Å². The van der Waals surface area contributed by atoms with Gasteiger partial charge in [0.2, 0.25) is 0 Å². The van der Waals surface area contributed by atoms with Crippen molar-refractivity contribution in [2.75, 3.05) is 39.6 Å². The summed E-state index contributed by atoms with van der Waals surface area (Å²) in [5.41, 5.74) is 0. The first-order chi connectivity index (χ1) is 11.0. The van der Waals surface area contributed by atoms with Crippen LogP contribution < -0.4 is 0 Å². The Labute approximate surface area is 139 Å². The molecule has 7 heteroatoms. The highest BCUT2D eigenvalue weighted by molar-refractivity contribution is 7.53. The lowest BCUT2D eigenvalue weighted by Gasteiger charge is -2.43. The molecule has 2 fully saturated rings. The van der Waals surface area contributed by atoms with Gasteiger partial charge < -0.3 is 18.7 Å². The minimum absolute atomic E-state index is 0.220. The van der Waals surface area contributed by atoms with Gasteiger partial charge in [-0.3, -0.25) is 4.57 Å². The number of carbonyl (C=O) groups is 1. The number of likely N-dealkylation sites (tertiary alicyclic amines) is 1. The Bertz CT molecular complexity index is 434. The molecular formula is C16H30NO5P. The first-order valence-electron chi connectivity index (χ1n) is 8.72. The van der Waals surface area contributed by atoms with Gasteiger partial charge in [-0.1, -0.05) is 0 Å². The van der Waals surface area contributed by atoms with Gasteiger partial charge in [-0.2, -0.15) is 0 Å². The molecule has 134 valence electrons. The minimum atomic E-state index is -2.95. The molecule has 0 bridgehead atoms. The zero-order valence-corrected chi connectivity index (χ0v) is 15.4. The van der Waals surface area contributed by atoms with Crippen molar-refractivity contribution in [3.05, 3.63) is 0 Å². The number of hydrogen-bond acceptors (Lipinski definition) is 5. The van der Waals surface area contributed by atoms with Crippen LogP contribution in [0.4, 0.5) is 4.79 Å². The number of hydrogen-bond donors (Lipinski definition) is 0. The van der Waals surface area contributed by atoms with Crippen LogP contribution in [0, 0.1) is 17.8 Å². The Morgan fingerprint density at radius 2 is 1.83 bits per heavy atom. The molecule has 0 aromatic rings. The summed E-state index contributed by atoms with van der Waals surface area (Å²) in [5, 5.41) is 0. The van der Waals surface area contributed by atoms with Crippen molar-refractivity contribution < 1.29 is 23.1 Å². The van der Waals surface area contributed by atoms with Crippen LogP contribution in [0.25, 0.3) is 0 Å². The van der Waals surface area contributed by atoms with Gasteiger partial charge in [-0.05, 0) is 57.3 Å². The van der Waals surface area contributed by atoms with E-state index in [1.54, 1.807) is 0 Å². The van der Waals surface area contributed by atoms with Crippen LogP contribution in [0.5, 0.6) is 0 Å². The normalized spacial score (nSPS) is 28.3. The molecule has 0 spiro atoms. The average Bonchev–Trinajstić information content (AvgIpc) is 2.53. The molecule has 0 unspecified atom stereocenters. The molecule has 0 aromatic carbocycles. The quantitative estimate of drug-likeness (QED) is 0.685. The van der Waals surface area contributed by atoms with Gasteiger partial charge >= 0.3 is 13.7 Å². The van der Waals surface area contributed by atoms with Gasteiger partial charge in [0.15, 0.2) is 0 Å². The fourth-order valence-corrected chi connectivity index (χ4v) is 6.06. The summed E-state index contributed by atoms with van der Waals surface area (Å²) in [4.78, 5) is 13.5. The number of piperidine rings is 1. The molecule has 3 atom stereocenters. The summed E-state index contributed by atoms with van der Waals surface area (Å²) in [6.07, 6.45) is 4.47. The molecule has 23 heavy (non-hydrogen) atoms. The Balaban J connectivity index is 1.89. The van der Waals surface area contributed by atoms with Crippen LogP contribution in [0.2, 0.25) is 0 Å². The van der Waals surface area contributed by atoms with Crippen molar-refractivity contribution in [3.8, 4) is 0 Å². The number of nitrogens with zero attached hydrogens (tertiary/aromatic N) is 1. The molecule has 1 heterocycles. The molecule has 2 aliphatic rings. The number of rotatable bonds is 6. The van der Waals surface area contributed by atoms with E-state index in [1.165, 1.54) is 7.11 Å². The van der Waals surface area contributed by atoms with Gasteiger partial charge in [-0.25, -0.2) is 4.79 Å². The second-order valence-corrected chi connectivity index (χ2v) is 8.64. The second-order valence-electron chi connectivity index (χ2n) is 6.53. The van der Waals surface area contributed by atoms with Crippen LogP contribution in [-0.4, -0.2) is 50.6 Å². The third kappa shape index (κ3) is 4.94. The molecule has 1 aliphatic carbocycles. The van der Waals surface area contributed by atoms with Crippen molar-refractivity contribution in [1.29, 1.82) is 0 Å². The van der Waals surface area contributed by atoms with E-state index >= 15 is 0 Å². The summed E-state index contributed by atoms with van der Waals surface area (Å²) < 4.78 is 28.4. The maximum absolute atomic E-state index is 12.7. The zero-order chi connectivity index (χ0) is 16.9. The van der Waals surface area contributed by atoms with Crippen molar-refractivity contribution in [3.63, 3.8) is 0 Å². The van der Waals surface area contributed by atoms with Gasteiger partial charge in [0.1, 0.15) is 0 Å². The molecule has 1 saturated heterocycles. The SMILES string of the molecule is CCOP(=O)(C[C@H]1CC[C@H]2CN(C(=O)OC)CC[C@H]2C1)OCC. The van der Waals surface area contributed by atoms with E-state index in [2.05, 4.69) is 0 Å². The van der Waals surface area contributed by atoms with E-state index in [1.807, 2.05) is 18.7 Å². The van der Waals surface area contributed by atoms with Crippen LogP contribution >= 0.6 is 7.60 Å². The van der Waals surface area contributed by atoms with Gasteiger partial charge in [0.25, 0.3) is 0 Å². The zero-order valence-electron chi connectivity index (χ0n) is 14.5. The lowest BCUT2D eigenvalue weighted by Crippen LogP contribution is -2.46. The van der Waals surface area contributed by atoms with Crippen molar-refractivity contribution >= 4 is 13.7 Å². The lowest BCUT2D eigenvalue weighted by atomic mass is 9.71. The van der Waals surface area contributed by atoms with Gasteiger partial charge in [-0.15, -0.1) is 0 Å². The predicted molar refractivity (Wildman–Crippen MR) is 88.6 cm³/mol. The van der Waals surface area contributed by atoms with E-state index in [4.69, 9.17) is 13.8 Å². The van der Waals surface area contributed by atoms with Crippen LogP contribution in [-0.2, 0) is 18.3 Å². The highest BCUT2D eigenvalue weighted by atomic mass is 31.2. The maximum Gasteiger partial charge on any atom is 0.409 e. The molecule has 0 radical (unpaired) electrons. The summed E-state index contributed by atoms with van der Waals surface area (Å²) in [7, 11) is -1.52. The number of ether oxygens (including phenoxy) is 1. The Kier molecular flexibility index (Phi) is 6.93. The monoisotopic (exact) mass is 347 g/mol. The molecule has 0 N–H and O–H groups in total. The summed E-state index contributed by atoms with van der Waals surface area (Å²) in [6.45, 7) is 6.10. The Hall–Kier alpha value is -0.580. The molecular weight excluding hydrogens is 317 g/mol. The smallest absolute Gasteiger partial charge is 0.409 e. The number of amides is 1. The van der Waals surface area contributed by atoms with Gasteiger partial charge in [0.05, 0.1) is 26.5 Å². The lowest BCUT2D eigenvalue weighted by molar-refractivity contribution is 0.0561. The number of fused-ring (bicyclic) bond motifs is 1. The van der Waals surface area contributed by atoms with Crippen molar-refractivity contribution in [2.45, 2.75) is 39.5 Å². The van der Waals surface area contributed by atoms with Crippen molar-refractivity contribution in [2.24, 2.45) is 17.8 Å². The van der Waals surface area contributed by atoms with Crippen molar-refractivity contribution in [1.82, 2.24) is 4.90 Å². The van der Waals surface area contributed by atoms with Crippen LogP contribution in [0.15, 0.2) is 0 Å². The van der Waals surface area contributed by atoms with E-state index < -0.39 is 7.60 Å². The molecule has 1 aliphatic heterocycles. The summed E-state index contributed by atoms with van der Waals surface area (Å²) in [5.74, 6) is 1.54. The first-order valence-corrected chi connectivity index (χ1v) is 10.4.